The molecular formula is C28H32ClN7O4. The van der Waals surface area contributed by atoms with E-state index >= 15 is 0 Å². The van der Waals surface area contributed by atoms with Crippen molar-refractivity contribution < 1.29 is 19.1 Å². The normalized spacial score (nSPS) is 13.8. The van der Waals surface area contributed by atoms with Crippen molar-refractivity contribution in [2.75, 3.05) is 41.7 Å². The number of anilines is 3. The third kappa shape index (κ3) is 7.66. The van der Waals surface area contributed by atoms with Crippen LogP contribution in [0.25, 0.3) is 0 Å². The fourth-order valence-electron chi connectivity index (χ4n) is 4.00. The molecule has 0 aliphatic carbocycles. The van der Waals surface area contributed by atoms with Gasteiger partial charge in [-0.1, -0.05) is 17.7 Å². The summed E-state index contributed by atoms with van der Waals surface area (Å²) in [5.74, 6) is -0.0372. The Bertz CT molecular complexity index is 1370. The molecule has 3 heterocycles. The van der Waals surface area contributed by atoms with Gasteiger partial charge in [0.15, 0.2) is 11.5 Å². The van der Waals surface area contributed by atoms with E-state index in [1.54, 1.807) is 41.4 Å². The molecule has 4 rings (SSSR count). The van der Waals surface area contributed by atoms with E-state index in [1.807, 2.05) is 38.7 Å². The number of hydrogen-bond acceptors (Lipinski definition) is 8. The van der Waals surface area contributed by atoms with Crippen LogP contribution in [0.1, 0.15) is 53.6 Å². The number of aromatic nitrogens is 3. The Hall–Kier alpha value is -4.25. The lowest BCUT2D eigenvalue weighted by Crippen LogP contribution is -2.39. The summed E-state index contributed by atoms with van der Waals surface area (Å²) in [4.78, 5) is 46.3. The summed E-state index contributed by atoms with van der Waals surface area (Å²) in [6, 6.07) is 11.4. The minimum absolute atomic E-state index is 0.0791. The van der Waals surface area contributed by atoms with E-state index in [4.69, 9.17) is 16.3 Å². The Morgan fingerprint density at radius 2 is 1.73 bits per heavy atom. The van der Waals surface area contributed by atoms with Gasteiger partial charge in [0.2, 0.25) is 0 Å². The van der Waals surface area contributed by atoms with Crippen molar-refractivity contribution in [3.8, 4) is 0 Å². The molecule has 2 N–H and O–H groups in total. The second-order valence-electron chi connectivity index (χ2n) is 10.4. The molecule has 1 aromatic carbocycles. The highest BCUT2D eigenvalue weighted by atomic mass is 35.5. The van der Waals surface area contributed by atoms with Crippen LogP contribution in [0.3, 0.4) is 0 Å². The van der Waals surface area contributed by atoms with Crippen LogP contribution in [0.4, 0.5) is 22.1 Å². The van der Waals surface area contributed by atoms with Crippen LogP contribution in [0.15, 0.2) is 48.7 Å². The van der Waals surface area contributed by atoms with Gasteiger partial charge >= 0.3 is 6.09 Å². The molecule has 210 valence electrons. The lowest BCUT2D eigenvalue weighted by molar-refractivity contribution is 0.0263. The van der Waals surface area contributed by atoms with Crippen molar-refractivity contribution in [2.24, 2.45) is 0 Å². The molecule has 0 spiro atoms. The van der Waals surface area contributed by atoms with Crippen molar-refractivity contribution in [3.63, 3.8) is 0 Å². The average molecular weight is 566 g/mol. The van der Waals surface area contributed by atoms with Crippen LogP contribution in [0.2, 0.25) is 5.02 Å². The number of carbonyl (C=O) groups excluding carboxylic acids is 3. The Labute approximate surface area is 237 Å². The van der Waals surface area contributed by atoms with Gasteiger partial charge < -0.3 is 25.2 Å². The van der Waals surface area contributed by atoms with Crippen LogP contribution in [0, 0.1) is 6.92 Å². The highest BCUT2D eigenvalue weighted by Crippen LogP contribution is 2.23. The number of hydrogen-bond donors (Lipinski definition) is 2. The molecule has 1 fully saturated rings. The van der Waals surface area contributed by atoms with Crippen molar-refractivity contribution in [2.45, 2.75) is 39.7 Å². The van der Waals surface area contributed by atoms with Crippen LogP contribution < -0.4 is 15.5 Å². The van der Waals surface area contributed by atoms with Crippen molar-refractivity contribution in [3.05, 3.63) is 70.5 Å². The number of rotatable bonds is 5. The van der Waals surface area contributed by atoms with E-state index in [0.29, 0.717) is 42.8 Å². The first-order valence-corrected chi connectivity index (χ1v) is 13.3. The fourth-order valence-corrected chi connectivity index (χ4v) is 4.17. The molecular weight excluding hydrogens is 534 g/mol. The molecule has 1 aliphatic rings. The number of nitrogens with one attached hydrogen (secondary N) is 2. The topological polar surface area (TPSA) is 130 Å². The molecule has 0 radical (unpaired) electrons. The number of ether oxygens (including phenoxy) is 1. The monoisotopic (exact) mass is 565 g/mol. The maximum Gasteiger partial charge on any atom is 0.410 e. The van der Waals surface area contributed by atoms with Gasteiger partial charge in [-0.25, -0.2) is 9.78 Å². The van der Waals surface area contributed by atoms with Crippen LogP contribution >= 0.6 is 11.6 Å². The van der Waals surface area contributed by atoms with Crippen LogP contribution in [0.5, 0.6) is 0 Å². The summed E-state index contributed by atoms with van der Waals surface area (Å²) in [6.45, 7) is 9.72. The Morgan fingerprint density at radius 3 is 2.40 bits per heavy atom. The molecule has 40 heavy (non-hydrogen) atoms. The smallest absolute Gasteiger partial charge is 0.410 e. The third-order valence-corrected chi connectivity index (χ3v) is 6.22. The first-order valence-electron chi connectivity index (χ1n) is 12.9. The van der Waals surface area contributed by atoms with Gasteiger partial charge in [0.25, 0.3) is 11.8 Å². The molecule has 0 saturated carbocycles. The minimum Gasteiger partial charge on any atom is -0.444 e. The van der Waals surface area contributed by atoms with Gasteiger partial charge in [-0.2, -0.15) is 0 Å². The molecule has 11 nitrogen and oxygen atoms in total. The zero-order chi connectivity index (χ0) is 28.9. The van der Waals surface area contributed by atoms with E-state index < -0.39 is 17.4 Å². The summed E-state index contributed by atoms with van der Waals surface area (Å²) < 4.78 is 5.49. The molecule has 3 amide bonds. The third-order valence-electron chi connectivity index (χ3n) is 5.98. The quantitative estimate of drug-likeness (QED) is 0.452. The van der Waals surface area contributed by atoms with E-state index in [-0.39, 0.29) is 23.0 Å². The largest absolute Gasteiger partial charge is 0.444 e. The molecule has 0 unspecified atom stereocenters. The zero-order valence-electron chi connectivity index (χ0n) is 22.9. The first-order chi connectivity index (χ1) is 19.0. The van der Waals surface area contributed by atoms with Gasteiger partial charge in [0.1, 0.15) is 11.4 Å². The predicted octanol–water partition coefficient (Wildman–Crippen LogP) is 4.79. The lowest BCUT2D eigenvalue weighted by Gasteiger charge is -2.26. The van der Waals surface area contributed by atoms with Gasteiger partial charge in [-0.05, 0) is 76.1 Å². The molecule has 12 heteroatoms. The SMILES string of the molecule is Cc1ccc(NC(=O)c2cc(Cl)ccc2NC(=O)c2ccc(N3CCCN(C(=O)OC(C)(C)C)CC3)nn2)nc1. The van der Waals surface area contributed by atoms with Gasteiger partial charge in [-0.15, -0.1) is 10.2 Å². The minimum atomic E-state index is -0.556. The second-order valence-corrected chi connectivity index (χ2v) is 10.8. The van der Waals surface area contributed by atoms with Crippen molar-refractivity contribution >= 4 is 46.8 Å². The van der Waals surface area contributed by atoms with E-state index in [1.165, 1.54) is 6.07 Å². The van der Waals surface area contributed by atoms with E-state index in [2.05, 4.69) is 25.8 Å². The lowest BCUT2D eigenvalue weighted by atomic mass is 10.1. The standard InChI is InChI=1S/C28H32ClN7O4/c1-18-6-10-23(30-17-18)32-25(37)20-16-19(29)7-8-21(20)31-26(38)22-9-11-24(34-33-22)35-12-5-13-36(15-14-35)27(39)40-28(2,3)4/h6-11,16-17H,5,12-15H2,1-4H3,(H,31,38)(H,30,32,37). The van der Waals surface area contributed by atoms with Crippen molar-refractivity contribution in [1.29, 1.82) is 0 Å². The van der Waals surface area contributed by atoms with Crippen LogP contribution in [-0.4, -0.2) is 69.8 Å². The summed E-state index contributed by atoms with van der Waals surface area (Å²) in [7, 11) is 0. The van der Waals surface area contributed by atoms with Gasteiger partial charge in [0, 0.05) is 37.4 Å². The Balaban J connectivity index is 1.41. The number of amides is 3. The average Bonchev–Trinajstić information content (AvgIpc) is 3.17. The zero-order valence-corrected chi connectivity index (χ0v) is 23.7. The number of pyridine rings is 1. The molecule has 1 aliphatic heterocycles. The highest BCUT2D eigenvalue weighted by molar-refractivity contribution is 6.31. The van der Waals surface area contributed by atoms with Gasteiger partial charge in [0.05, 0.1) is 11.3 Å². The molecule has 0 atom stereocenters. The Kier molecular flexibility index (Phi) is 8.83. The molecule has 3 aromatic rings. The maximum atomic E-state index is 13.0. The first kappa shape index (κ1) is 28.8. The number of carbonyl (C=O) groups is 3. The van der Waals surface area contributed by atoms with E-state index in [9.17, 15) is 14.4 Å². The molecule has 2 aromatic heterocycles. The number of aryl methyl sites for hydroxylation is 1. The second kappa shape index (κ2) is 12.3. The molecule has 0 bridgehead atoms. The predicted molar refractivity (Wildman–Crippen MR) is 153 cm³/mol. The summed E-state index contributed by atoms with van der Waals surface area (Å²) in [5, 5.41) is 14.1. The number of benzene rings is 1. The number of nitrogens with zero attached hydrogens (tertiary/aromatic N) is 5. The maximum absolute atomic E-state index is 13.0. The van der Waals surface area contributed by atoms with E-state index in [0.717, 1.165) is 12.0 Å². The number of halogens is 1. The van der Waals surface area contributed by atoms with Gasteiger partial charge in [-0.3, -0.25) is 9.59 Å². The Morgan fingerprint density at radius 1 is 0.925 bits per heavy atom. The molecule has 1 saturated heterocycles. The fraction of sp³-hybridized carbons (Fsp3) is 0.357. The summed E-state index contributed by atoms with van der Waals surface area (Å²) in [5.41, 5.74) is 0.918. The summed E-state index contributed by atoms with van der Waals surface area (Å²) >= 11 is 6.13. The summed E-state index contributed by atoms with van der Waals surface area (Å²) in [6.07, 6.45) is 2.04. The van der Waals surface area contributed by atoms with Crippen LogP contribution in [-0.2, 0) is 4.74 Å². The highest BCUT2D eigenvalue weighted by Gasteiger charge is 2.25. The van der Waals surface area contributed by atoms with Crippen molar-refractivity contribution in [1.82, 2.24) is 20.1 Å².